The van der Waals surface area contributed by atoms with Gasteiger partial charge >= 0.3 is 10.2 Å². The van der Waals surface area contributed by atoms with Gasteiger partial charge in [0.1, 0.15) is 5.69 Å². The molecular weight excluding hydrogens is 537 g/mol. The number of benzene rings is 1. The maximum Gasteiger partial charge on any atom is 0.325 e. The zero-order chi connectivity index (χ0) is 28.1. The van der Waals surface area contributed by atoms with Crippen LogP contribution in [0.3, 0.4) is 0 Å². The molecule has 214 valence electrons. The summed E-state index contributed by atoms with van der Waals surface area (Å²) >= 11 is 0. The van der Waals surface area contributed by atoms with Gasteiger partial charge in [0.05, 0.1) is 22.9 Å². The molecule has 0 radical (unpaired) electrons. The van der Waals surface area contributed by atoms with Crippen LogP contribution in [0.1, 0.15) is 75.3 Å². The molecule has 2 aromatic heterocycles. The molecule has 0 atom stereocenters. The van der Waals surface area contributed by atoms with Gasteiger partial charge in [-0.3, -0.25) is 9.48 Å². The molecule has 3 aromatic rings. The van der Waals surface area contributed by atoms with E-state index in [0.29, 0.717) is 23.2 Å². The second kappa shape index (κ2) is 9.35. The van der Waals surface area contributed by atoms with E-state index >= 15 is 0 Å². The van der Waals surface area contributed by atoms with Crippen LogP contribution < -0.4 is 10.2 Å². The van der Waals surface area contributed by atoms with Crippen LogP contribution in [0.5, 0.6) is 0 Å². The van der Waals surface area contributed by atoms with Gasteiger partial charge in [0.2, 0.25) is 0 Å². The molecule has 12 heteroatoms. The van der Waals surface area contributed by atoms with Crippen molar-refractivity contribution in [1.82, 2.24) is 14.8 Å². The van der Waals surface area contributed by atoms with Crippen LogP contribution in [0.25, 0.3) is 10.9 Å². The average molecular weight is 572 g/mol. The molecule has 0 spiro atoms. The number of nitrogens with zero attached hydrogens (tertiary/aromatic N) is 4. The second-order valence-electron chi connectivity index (χ2n) is 11.2. The number of amides is 1. The van der Waals surface area contributed by atoms with E-state index in [1.165, 1.54) is 0 Å². The van der Waals surface area contributed by atoms with Crippen molar-refractivity contribution in [3.8, 4) is 0 Å². The molecule has 1 aliphatic heterocycles. The predicted octanol–water partition coefficient (Wildman–Crippen LogP) is 8.72. The van der Waals surface area contributed by atoms with E-state index in [4.69, 9.17) is 5.10 Å². The molecule has 1 saturated heterocycles. The molecule has 3 heterocycles. The Bertz CT molecular complexity index is 1380. The fraction of sp³-hybridized carbons (Fsp3) is 0.519. The van der Waals surface area contributed by atoms with Crippen LogP contribution in [-0.2, 0) is 0 Å². The Balaban J connectivity index is 1.46. The van der Waals surface area contributed by atoms with Gasteiger partial charge in [0, 0.05) is 24.7 Å². The monoisotopic (exact) mass is 571 g/mol. The first-order valence-corrected chi connectivity index (χ1v) is 15.4. The third kappa shape index (κ3) is 6.15. The summed E-state index contributed by atoms with van der Waals surface area (Å²) in [4.78, 5) is 18.1. The zero-order valence-electron chi connectivity index (χ0n) is 22.1. The van der Waals surface area contributed by atoms with Crippen LogP contribution in [0.15, 0.2) is 41.6 Å². The lowest BCUT2D eigenvalue weighted by Crippen LogP contribution is -2.30. The molecule has 0 unspecified atom stereocenters. The summed E-state index contributed by atoms with van der Waals surface area (Å²) in [6, 6.07) is 5.88. The number of aromatic nitrogens is 3. The van der Waals surface area contributed by atoms with Gasteiger partial charge in [-0.15, -0.1) is 0 Å². The first-order valence-electron chi connectivity index (χ1n) is 13.5. The number of carbonyl (C=O) groups excluding carboxylic acids is 1. The number of halogens is 5. The maximum absolute atomic E-state index is 13.3. The molecule has 1 N–H and O–H groups in total. The van der Waals surface area contributed by atoms with Gasteiger partial charge in [-0.05, 0) is 81.0 Å². The lowest BCUT2D eigenvalue weighted by atomic mass is 9.80. The van der Waals surface area contributed by atoms with Crippen molar-refractivity contribution in [3.63, 3.8) is 0 Å². The van der Waals surface area contributed by atoms with Gasteiger partial charge in [-0.2, -0.15) is 5.10 Å². The number of carbonyl (C=O) groups is 1. The number of pyridine rings is 1. The smallest absolute Gasteiger partial charge is 0.325 e. The highest BCUT2D eigenvalue weighted by atomic mass is 32.5. The molecule has 1 saturated carbocycles. The van der Waals surface area contributed by atoms with Crippen molar-refractivity contribution in [2.75, 3.05) is 23.3 Å². The fourth-order valence-electron chi connectivity index (χ4n) is 5.74. The normalized spacial score (nSPS) is 22.5. The minimum atomic E-state index is -10.0. The third-order valence-electron chi connectivity index (χ3n) is 7.99. The van der Waals surface area contributed by atoms with Crippen molar-refractivity contribution < 1.29 is 24.2 Å². The SMILES string of the molecule is CC(C)C1CCC(n2cc3cc(NC(=O)c4cccc(S(F)(F)(F)(F)F)n4)c(N4CCCCC4)cc3n2)CC1. The van der Waals surface area contributed by atoms with E-state index in [9.17, 15) is 24.2 Å². The predicted molar refractivity (Wildman–Crippen MR) is 145 cm³/mol. The lowest BCUT2D eigenvalue weighted by molar-refractivity contribution is 0.102. The number of hydrogen-bond donors (Lipinski definition) is 1. The van der Waals surface area contributed by atoms with Crippen LogP contribution in [0, 0.1) is 11.8 Å². The van der Waals surface area contributed by atoms with Crippen LogP contribution in [-0.4, -0.2) is 33.8 Å². The molecule has 2 fully saturated rings. The Kier molecular flexibility index (Phi) is 6.63. The van der Waals surface area contributed by atoms with Crippen LogP contribution in [0.2, 0.25) is 0 Å². The molecule has 6 nitrogen and oxygen atoms in total. The minimum absolute atomic E-state index is 0.187. The fourth-order valence-corrected chi connectivity index (χ4v) is 6.35. The van der Waals surface area contributed by atoms with Crippen molar-refractivity contribution in [3.05, 3.63) is 42.2 Å². The topological polar surface area (TPSA) is 63.1 Å². The van der Waals surface area contributed by atoms with Gasteiger partial charge in [0.15, 0.2) is 5.03 Å². The van der Waals surface area contributed by atoms with E-state index in [-0.39, 0.29) is 12.1 Å². The van der Waals surface area contributed by atoms with Crippen molar-refractivity contribution in [2.24, 2.45) is 11.8 Å². The summed E-state index contributed by atoms with van der Waals surface area (Å²) in [5.41, 5.74) is 1.12. The summed E-state index contributed by atoms with van der Waals surface area (Å²) in [5, 5.41) is 5.95. The molecule has 2 aliphatic rings. The third-order valence-corrected chi connectivity index (χ3v) is 9.01. The standard InChI is InChI=1S/C27H34F5N5OS/c1-18(2)19-9-11-21(12-10-19)37-17-20-15-24(25(16-23(20)35-37)36-13-4-3-5-14-36)34-27(38)22-7-6-8-26(33-22)39(28,29,30,31)32/h6-8,15-19,21H,3-5,9-14H2,1-2H3,(H,34,38). The Morgan fingerprint density at radius 2 is 1.69 bits per heavy atom. The largest absolute Gasteiger partial charge is 0.370 e. The zero-order valence-corrected chi connectivity index (χ0v) is 22.9. The van der Waals surface area contributed by atoms with Gasteiger partial charge < -0.3 is 10.2 Å². The summed E-state index contributed by atoms with van der Waals surface area (Å²) in [7, 11) is -10.0. The number of piperidine rings is 1. The first kappa shape index (κ1) is 27.7. The first-order chi connectivity index (χ1) is 18.2. The van der Waals surface area contributed by atoms with E-state index in [1.54, 1.807) is 6.07 Å². The van der Waals surface area contributed by atoms with E-state index in [1.807, 2.05) is 16.9 Å². The number of anilines is 2. The molecule has 1 aliphatic carbocycles. The quantitative estimate of drug-likeness (QED) is 0.301. The second-order valence-corrected chi connectivity index (χ2v) is 13.5. The molecule has 1 amide bonds. The summed E-state index contributed by atoms with van der Waals surface area (Å²) < 4.78 is 68.5. The number of fused-ring (bicyclic) bond motifs is 1. The highest BCUT2D eigenvalue weighted by Gasteiger charge is 2.67. The summed E-state index contributed by atoms with van der Waals surface area (Å²) in [5.74, 6) is 0.376. The summed E-state index contributed by atoms with van der Waals surface area (Å²) in [6.45, 7) is 6.03. The van der Waals surface area contributed by atoms with Gasteiger partial charge in [0.25, 0.3) is 5.91 Å². The van der Waals surface area contributed by atoms with Crippen LogP contribution >= 0.6 is 10.2 Å². The average Bonchev–Trinajstić information content (AvgIpc) is 3.30. The Hall–Kier alpha value is -2.89. The van der Waals surface area contributed by atoms with E-state index in [0.717, 1.165) is 81.1 Å². The molecule has 1 aromatic carbocycles. The molecular formula is C27H34F5N5OS. The Morgan fingerprint density at radius 3 is 2.33 bits per heavy atom. The number of nitrogens with one attached hydrogen (secondary N) is 1. The maximum atomic E-state index is 13.3. The molecule has 0 bridgehead atoms. The summed E-state index contributed by atoms with van der Waals surface area (Å²) in [6.07, 6.45) is 9.31. The van der Waals surface area contributed by atoms with Gasteiger partial charge in [-0.25, -0.2) is 4.98 Å². The van der Waals surface area contributed by atoms with E-state index in [2.05, 4.69) is 29.0 Å². The Labute approximate surface area is 224 Å². The molecule has 39 heavy (non-hydrogen) atoms. The minimum Gasteiger partial charge on any atom is -0.370 e. The van der Waals surface area contributed by atoms with Gasteiger partial charge in [-0.1, -0.05) is 39.3 Å². The van der Waals surface area contributed by atoms with Crippen molar-refractivity contribution in [1.29, 1.82) is 0 Å². The Morgan fingerprint density at radius 1 is 1.00 bits per heavy atom. The van der Waals surface area contributed by atoms with Crippen molar-refractivity contribution in [2.45, 2.75) is 69.9 Å². The lowest BCUT2D eigenvalue weighted by Gasteiger charge is -2.39. The molecule has 5 rings (SSSR count). The highest BCUT2D eigenvalue weighted by Crippen LogP contribution is 3.01. The number of rotatable bonds is 6. The van der Waals surface area contributed by atoms with Crippen molar-refractivity contribution >= 4 is 38.4 Å². The number of hydrogen-bond acceptors (Lipinski definition) is 4. The highest BCUT2D eigenvalue weighted by molar-refractivity contribution is 8.45. The van der Waals surface area contributed by atoms with Crippen LogP contribution in [0.4, 0.5) is 30.8 Å². The van der Waals surface area contributed by atoms with E-state index < -0.39 is 26.9 Å².